The van der Waals surface area contributed by atoms with E-state index in [0.29, 0.717) is 35.6 Å². The van der Waals surface area contributed by atoms with Gasteiger partial charge in [0.1, 0.15) is 11.6 Å². The first-order valence-corrected chi connectivity index (χ1v) is 7.46. The molecule has 5 atom stereocenters. The van der Waals surface area contributed by atoms with Gasteiger partial charge in [-0.05, 0) is 24.2 Å². The number of hydrogen-bond donors (Lipinski definition) is 0. The highest BCUT2D eigenvalue weighted by atomic mass is 32.2. The van der Waals surface area contributed by atoms with E-state index in [0.717, 1.165) is 12.8 Å². The van der Waals surface area contributed by atoms with E-state index in [1.807, 2.05) is 11.8 Å². The van der Waals surface area contributed by atoms with E-state index in [4.69, 9.17) is 0 Å². The van der Waals surface area contributed by atoms with Gasteiger partial charge in [-0.3, -0.25) is 9.59 Å². The summed E-state index contributed by atoms with van der Waals surface area (Å²) < 4.78 is 0. The molecule has 0 N–H and O–H groups in total. The van der Waals surface area contributed by atoms with Gasteiger partial charge in [0.2, 0.25) is 0 Å². The number of thioether (sulfide) groups is 1. The molecule has 0 unspecified atom stereocenters. The van der Waals surface area contributed by atoms with Crippen LogP contribution in [0.25, 0.3) is 0 Å². The van der Waals surface area contributed by atoms with E-state index < -0.39 is 0 Å². The van der Waals surface area contributed by atoms with E-state index in [1.165, 1.54) is 0 Å². The Morgan fingerprint density at radius 2 is 2.18 bits per heavy atom. The first-order chi connectivity index (χ1) is 8.13. The van der Waals surface area contributed by atoms with Gasteiger partial charge in [-0.1, -0.05) is 13.0 Å². The fourth-order valence-corrected chi connectivity index (χ4v) is 6.70. The number of ketones is 2. The molecule has 0 aromatic heterocycles. The molecule has 4 aliphatic rings. The van der Waals surface area contributed by atoms with Crippen molar-refractivity contribution in [2.45, 2.75) is 37.9 Å². The second-order valence-electron chi connectivity index (χ2n) is 6.09. The summed E-state index contributed by atoms with van der Waals surface area (Å²) in [6.45, 7) is 2.07. The van der Waals surface area contributed by atoms with Gasteiger partial charge in [0, 0.05) is 29.4 Å². The summed E-state index contributed by atoms with van der Waals surface area (Å²) in [5, 5.41) is 2.54. The zero-order chi connectivity index (χ0) is 11.8. The second kappa shape index (κ2) is 2.87. The van der Waals surface area contributed by atoms with Crippen LogP contribution in [0.5, 0.6) is 0 Å². The van der Waals surface area contributed by atoms with Crippen LogP contribution in [-0.4, -0.2) is 16.8 Å². The fraction of sp³-hybridized carbons (Fsp3) is 0.714. The van der Waals surface area contributed by atoms with E-state index >= 15 is 0 Å². The highest BCUT2D eigenvalue weighted by Gasteiger charge is 2.75. The van der Waals surface area contributed by atoms with Crippen LogP contribution >= 0.6 is 11.8 Å². The molecule has 0 aromatic rings. The van der Waals surface area contributed by atoms with Crippen LogP contribution < -0.4 is 0 Å². The Morgan fingerprint density at radius 1 is 1.35 bits per heavy atom. The molecular weight excluding hydrogens is 232 g/mol. The minimum absolute atomic E-state index is 0.00810. The number of allylic oxidation sites excluding steroid dienone is 1. The first kappa shape index (κ1) is 10.4. The summed E-state index contributed by atoms with van der Waals surface area (Å²) in [6, 6.07) is 0. The van der Waals surface area contributed by atoms with Crippen LogP contribution in [-0.2, 0) is 9.59 Å². The quantitative estimate of drug-likeness (QED) is 0.661. The van der Waals surface area contributed by atoms with Gasteiger partial charge in [-0.25, -0.2) is 0 Å². The van der Waals surface area contributed by atoms with Gasteiger partial charge in [-0.15, -0.1) is 11.8 Å². The van der Waals surface area contributed by atoms with Gasteiger partial charge in [0.05, 0.1) is 5.41 Å². The fourth-order valence-electron chi connectivity index (χ4n) is 5.32. The van der Waals surface area contributed by atoms with Gasteiger partial charge in [-0.2, -0.15) is 0 Å². The van der Waals surface area contributed by atoms with Crippen molar-refractivity contribution in [2.75, 3.05) is 0 Å². The number of Topliss-reactive ketones (excluding diaryl/α,β-unsaturated/α-hetero) is 2. The third kappa shape index (κ3) is 0.844. The third-order valence-electron chi connectivity index (χ3n) is 6.00. The maximum atomic E-state index is 12.5. The molecule has 0 aromatic carbocycles. The van der Waals surface area contributed by atoms with Crippen molar-refractivity contribution < 1.29 is 9.59 Å². The SMILES string of the molecule is C[C@@H]1C(=O)C[C@H]2CC(=O)[C@]34C=CS[C@H]3CC[C@@]214. The van der Waals surface area contributed by atoms with Crippen molar-refractivity contribution in [2.24, 2.45) is 22.7 Å². The standard InChI is InChI=1S/C14H16O2S/c1-8-10(15)6-9-7-11(16)14-4-5-17-12(14)2-3-13(8,9)14/h4-5,8-9,12H,2-3,6-7H2,1H3/t8-,9+,12+,13+,14-/m1/s1. The van der Waals surface area contributed by atoms with Gasteiger partial charge >= 0.3 is 0 Å². The second-order valence-corrected chi connectivity index (χ2v) is 7.21. The summed E-state index contributed by atoms with van der Waals surface area (Å²) in [7, 11) is 0. The molecular formula is C14H16O2S. The van der Waals surface area contributed by atoms with Crippen molar-refractivity contribution in [3.63, 3.8) is 0 Å². The summed E-state index contributed by atoms with van der Waals surface area (Å²) in [5.41, 5.74) is -0.278. The van der Waals surface area contributed by atoms with Crippen molar-refractivity contribution >= 4 is 23.3 Å². The normalized spacial score (nSPS) is 55.2. The van der Waals surface area contributed by atoms with Crippen molar-refractivity contribution in [3.8, 4) is 0 Å². The lowest BCUT2D eigenvalue weighted by Crippen LogP contribution is -2.44. The molecule has 1 heterocycles. The van der Waals surface area contributed by atoms with Crippen LogP contribution in [0.4, 0.5) is 0 Å². The lowest BCUT2D eigenvalue weighted by atomic mass is 9.61. The summed E-state index contributed by atoms with van der Waals surface area (Å²) in [5.74, 6) is 1.25. The van der Waals surface area contributed by atoms with E-state index in [9.17, 15) is 9.59 Å². The lowest BCUT2D eigenvalue weighted by Gasteiger charge is -2.40. The molecule has 2 nitrogen and oxygen atoms in total. The third-order valence-corrected chi connectivity index (χ3v) is 7.23. The zero-order valence-electron chi connectivity index (χ0n) is 9.94. The lowest BCUT2D eigenvalue weighted by molar-refractivity contribution is -0.129. The van der Waals surface area contributed by atoms with Gasteiger partial charge in [0.25, 0.3) is 0 Å². The molecule has 0 amide bonds. The first-order valence-electron chi connectivity index (χ1n) is 6.52. The summed E-state index contributed by atoms with van der Waals surface area (Å²) in [6.07, 6.45) is 5.65. The maximum Gasteiger partial charge on any atom is 0.144 e. The largest absolute Gasteiger partial charge is 0.299 e. The average molecular weight is 248 g/mol. The topological polar surface area (TPSA) is 34.1 Å². The molecule has 0 radical (unpaired) electrons. The van der Waals surface area contributed by atoms with Crippen molar-refractivity contribution in [1.29, 1.82) is 0 Å². The molecule has 3 heteroatoms. The van der Waals surface area contributed by atoms with Crippen LogP contribution in [0.1, 0.15) is 32.6 Å². The molecule has 3 saturated carbocycles. The Morgan fingerprint density at radius 3 is 3.00 bits per heavy atom. The van der Waals surface area contributed by atoms with Crippen LogP contribution in [0.3, 0.4) is 0 Å². The number of carbonyl (C=O) groups excluding carboxylic acids is 2. The molecule has 90 valence electrons. The molecule has 1 aliphatic heterocycles. The smallest absolute Gasteiger partial charge is 0.144 e. The number of hydrogen-bond acceptors (Lipinski definition) is 3. The number of carbonyl (C=O) groups is 2. The molecule has 0 bridgehead atoms. The van der Waals surface area contributed by atoms with E-state index in [2.05, 4.69) is 18.4 Å². The maximum absolute atomic E-state index is 12.5. The minimum atomic E-state index is -0.270. The Balaban J connectivity index is 1.97. The summed E-state index contributed by atoms with van der Waals surface area (Å²) in [4.78, 5) is 24.6. The highest BCUT2D eigenvalue weighted by molar-refractivity contribution is 8.03. The molecule has 3 aliphatic carbocycles. The predicted molar refractivity (Wildman–Crippen MR) is 66.5 cm³/mol. The monoisotopic (exact) mass is 248 g/mol. The van der Waals surface area contributed by atoms with Gasteiger partial charge < -0.3 is 0 Å². The average Bonchev–Trinajstić information content (AvgIpc) is 2.93. The van der Waals surface area contributed by atoms with Crippen LogP contribution in [0.15, 0.2) is 11.5 Å². The summed E-state index contributed by atoms with van der Waals surface area (Å²) >= 11 is 1.82. The number of rotatable bonds is 0. The Labute approximate surface area is 105 Å². The van der Waals surface area contributed by atoms with Crippen LogP contribution in [0.2, 0.25) is 0 Å². The minimum Gasteiger partial charge on any atom is -0.299 e. The van der Waals surface area contributed by atoms with E-state index in [-0.39, 0.29) is 16.7 Å². The van der Waals surface area contributed by atoms with Crippen molar-refractivity contribution in [1.82, 2.24) is 0 Å². The highest BCUT2D eigenvalue weighted by Crippen LogP contribution is 2.74. The molecule has 2 spiro atoms. The Bertz CT molecular complexity index is 469. The molecule has 17 heavy (non-hydrogen) atoms. The zero-order valence-corrected chi connectivity index (χ0v) is 10.8. The Hall–Kier alpha value is -0.570. The van der Waals surface area contributed by atoms with Crippen molar-refractivity contribution in [3.05, 3.63) is 11.5 Å². The molecule has 4 rings (SSSR count). The van der Waals surface area contributed by atoms with E-state index in [1.54, 1.807) is 0 Å². The Kier molecular flexibility index (Phi) is 1.75. The molecule has 3 fully saturated rings. The van der Waals surface area contributed by atoms with Crippen LogP contribution in [0, 0.1) is 22.7 Å². The van der Waals surface area contributed by atoms with Gasteiger partial charge in [0.15, 0.2) is 0 Å². The molecule has 0 saturated heterocycles. The predicted octanol–water partition coefficient (Wildman–Crippen LogP) is 2.58.